The van der Waals surface area contributed by atoms with E-state index in [1.165, 1.54) is 16.7 Å². The Kier molecular flexibility index (Phi) is 5.22. The molecule has 0 aliphatic heterocycles. The molecule has 0 fully saturated rings. The minimum Gasteiger partial charge on any atom is -0.307 e. The van der Waals surface area contributed by atoms with Crippen LogP contribution in [0, 0.1) is 6.92 Å². The lowest BCUT2D eigenvalue weighted by atomic mass is 9.93. The van der Waals surface area contributed by atoms with Gasteiger partial charge >= 0.3 is 0 Å². The number of rotatable bonds is 5. The van der Waals surface area contributed by atoms with Crippen LogP contribution >= 0.6 is 11.6 Å². The molecule has 1 atom stereocenters. The maximum Gasteiger partial charge on any atom is 0.0579 e. The lowest BCUT2D eigenvalue weighted by Gasteiger charge is -2.22. The molecule has 0 aliphatic rings. The summed E-state index contributed by atoms with van der Waals surface area (Å²) in [6.07, 6.45) is 1.04. The van der Waals surface area contributed by atoms with Crippen LogP contribution in [0.25, 0.3) is 0 Å². The molecule has 1 nitrogen and oxygen atoms in total. The molecule has 0 bridgehead atoms. The van der Waals surface area contributed by atoms with Crippen LogP contribution < -0.4 is 5.32 Å². The van der Waals surface area contributed by atoms with Gasteiger partial charge in [0.05, 0.1) is 6.04 Å². The van der Waals surface area contributed by atoms with E-state index in [0.717, 1.165) is 23.6 Å². The number of nitrogens with one attached hydrogen (secondary N) is 1. The number of aryl methyl sites for hydroxylation is 2. The summed E-state index contributed by atoms with van der Waals surface area (Å²) in [5, 5.41) is 4.41. The van der Waals surface area contributed by atoms with E-state index >= 15 is 0 Å². The largest absolute Gasteiger partial charge is 0.307 e. The minimum atomic E-state index is 0.203. The second kappa shape index (κ2) is 6.92. The van der Waals surface area contributed by atoms with Crippen molar-refractivity contribution in [1.29, 1.82) is 0 Å². The lowest BCUT2D eigenvalue weighted by Crippen LogP contribution is -2.23. The Balaban J connectivity index is 2.47. The standard InChI is InChI=1S/C18H22ClN/c1-4-14-8-6-7-9-16(14)18(20-5-2)15-11-10-13(3)17(19)12-15/h6-12,18,20H,4-5H2,1-3H3. The highest BCUT2D eigenvalue weighted by Crippen LogP contribution is 2.28. The molecule has 0 spiro atoms. The van der Waals surface area contributed by atoms with Gasteiger partial charge in [0, 0.05) is 5.02 Å². The molecule has 2 aromatic rings. The van der Waals surface area contributed by atoms with Gasteiger partial charge in [-0.15, -0.1) is 0 Å². The van der Waals surface area contributed by atoms with E-state index in [2.05, 4.69) is 61.6 Å². The Morgan fingerprint density at radius 1 is 1.10 bits per heavy atom. The third kappa shape index (κ3) is 3.23. The summed E-state index contributed by atoms with van der Waals surface area (Å²) in [7, 11) is 0. The molecule has 0 saturated heterocycles. The van der Waals surface area contributed by atoms with Gasteiger partial charge < -0.3 is 5.32 Å². The highest BCUT2D eigenvalue weighted by atomic mass is 35.5. The van der Waals surface area contributed by atoms with Crippen LogP contribution in [0.15, 0.2) is 42.5 Å². The zero-order valence-corrected chi connectivity index (χ0v) is 13.2. The van der Waals surface area contributed by atoms with Gasteiger partial charge in [0.15, 0.2) is 0 Å². The molecule has 20 heavy (non-hydrogen) atoms. The molecule has 2 heteroatoms. The summed E-state index contributed by atoms with van der Waals surface area (Å²) in [6, 6.07) is 15.2. The van der Waals surface area contributed by atoms with Crippen molar-refractivity contribution >= 4 is 11.6 Å². The van der Waals surface area contributed by atoms with Crippen molar-refractivity contribution in [3.8, 4) is 0 Å². The summed E-state index contributed by atoms with van der Waals surface area (Å²) in [5.41, 5.74) is 5.07. The number of hydrogen-bond donors (Lipinski definition) is 1. The van der Waals surface area contributed by atoms with Crippen LogP contribution in [0.1, 0.15) is 42.1 Å². The zero-order chi connectivity index (χ0) is 14.5. The molecular weight excluding hydrogens is 266 g/mol. The van der Waals surface area contributed by atoms with Crippen LogP contribution in [0.3, 0.4) is 0 Å². The van der Waals surface area contributed by atoms with Crippen molar-refractivity contribution in [3.05, 3.63) is 69.7 Å². The van der Waals surface area contributed by atoms with Gasteiger partial charge in [-0.2, -0.15) is 0 Å². The fourth-order valence-corrected chi connectivity index (χ4v) is 2.73. The van der Waals surface area contributed by atoms with Gasteiger partial charge in [-0.05, 0) is 48.2 Å². The molecule has 0 heterocycles. The Bertz CT molecular complexity index is 577. The van der Waals surface area contributed by atoms with Gasteiger partial charge in [0.2, 0.25) is 0 Å². The van der Waals surface area contributed by atoms with E-state index in [4.69, 9.17) is 11.6 Å². The first-order valence-electron chi connectivity index (χ1n) is 7.24. The topological polar surface area (TPSA) is 12.0 Å². The molecule has 106 valence electrons. The van der Waals surface area contributed by atoms with Crippen molar-refractivity contribution in [2.24, 2.45) is 0 Å². The summed E-state index contributed by atoms with van der Waals surface area (Å²) < 4.78 is 0. The molecule has 0 amide bonds. The third-order valence-corrected chi connectivity index (χ3v) is 4.09. The van der Waals surface area contributed by atoms with Crippen molar-refractivity contribution < 1.29 is 0 Å². The predicted octanol–water partition coefficient (Wildman–Crippen LogP) is 4.91. The fourth-order valence-electron chi connectivity index (χ4n) is 2.54. The monoisotopic (exact) mass is 287 g/mol. The first-order chi connectivity index (χ1) is 9.67. The van der Waals surface area contributed by atoms with Crippen LogP contribution in [0.5, 0.6) is 0 Å². The predicted molar refractivity (Wildman–Crippen MR) is 87.5 cm³/mol. The summed E-state index contributed by atoms with van der Waals surface area (Å²) >= 11 is 6.29. The highest BCUT2D eigenvalue weighted by Gasteiger charge is 2.16. The first kappa shape index (κ1) is 15.1. The molecule has 0 aromatic heterocycles. The summed E-state index contributed by atoms with van der Waals surface area (Å²) in [4.78, 5) is 0. The van der Waals surface area contributed by atoms with Crippen LogP contribution in [-0.4, -0.2) is 6.54 Å². The van der Waals surface area contributed by atoms with Crippen LogP contribution in [0.2, 0.25) is 5.02 Å². The lowest BCUT2D eigenvalue weighted by molar-refractivity contribution is 0.625. The van der Waals surface area contributed by atoms with E-state index < -0.39 is 0 Å². The number of halogens is 1. The van der Waals surface area contributed by atoms with Crippen molar-refractivity contribution in [2.45, 2.75) is 33.2 Å². The van der Waals surface area contributed by atoms with Gasteiger partial charge in [0.1, 0.15) is 0 Å². The molecule has 1 unspecified atom stereocenters. The molecule has 2 aromatic carbocycles. The normalized spacial score (nSPS) is 12.4. The fraction of sp³-hybridized carbons (Fsp3) is 0.333. The van der Waals surface area contributed by atoms with E-state index in [9.17, 15) is 0 Å². The maximum absolute atomic E-state index is 6.29. The smallest absolute Gasteiger partial charge is 0.0579 e. The van der Waals surface area contributed by atoms with Crippen molar-refractivity contribution in [2.75, 3.05) is 6.54 Å². The second-order valence-corrected chi connectivity index (χ2v) is 5.46. The molecule has 0 radical (unpaired) electrons. The zero-order valence-electron chi connectivity index (χ0n) is 12.4. The Morgan fingerprint density at radius 3 is 2.50 bits per heavy atom. The van der Waals surface area contributed by atoms with Gasteiger partial charge in [-0.3, -0.25) is 0 Å². The summed E-state index contributed by atoms with van der Waals surface area (Å²) in [5.74, 6) is 0. The van der Waals surface area contributed by atoms with Crippen molar-refractivity contribution in [1.82, 2.24) is 5.32 Å². The third-order valence-electron chi connectivity index (χ3n) is 3.68. The summed E-state index contributed by atoms with van der Waals surface area (Å²) in [6.45, 7) is 7.30. The Labute approximate surface area is 127 Å². The van der Waals surface area contributed by atoms with Crippen molar-refractivity contribution in [3.63, 3.8) is 0 Å². The Hall–Kier alpha value is -1.31. The van der Waals surface area contributed by atoms with E-state index in [0.29, 0.717) is 0 Å². The molecular formula is C18H22ClN. The molecule has 0 aliphatic carbocycles. The minimum absolute atomic E-state index is 0.203. The SMILES string of the molecule is CCNC(c1ccc(C)c(Cl)c1)c1ccccc1CC. The van der Waals surface area contributed by atoms with Crippen LogP contribution in [0.4, 0.5) is 0 Å². The highest BCUT2D eigenvalue weighted by molar-refractivity contribution is 6.31. The maximum atomic E-state index is 6.29. The van der Waals surface area contributed by atoms with E-state index in [1.807, 2.05) is 6.92 Å². The van der Waals surface area contributed by atoms with E-state index in [-0.39, 0.29) is 6.04 Å². The van der Waals surface area contributed by atoms with E-state index in [1.54, 1.807) is 0 Å². The first-order valence-corrected chi connectivity index (χ1v) is 7.62. The van der Waals surface area contributed by atoms with Crippen LogP contribution in [-0.2, 0) is 6.42 Å². The molecule has 1 N–H and O–H groups in total. The van der Waals surface area contributed by atoms with Gasteiger partial charge in [-0.1, -0.05) is 61.8 Å². The number of hydrogen-bond acceptors (Lipinski definition) is 1. The molecule has 0 saturated carbocycles. The quantitative estimate of drug-likeness (QED) is 0.824. The number of benzene rings is 2. The average molecular weight is 288 g/mol. The van der Waals surface area contributed by atoms with Gasteiger partial charge in [0.25, 0.3) is 0 Å². The Morgan fingerprint density at radius 2 is 1.85 bits per heavy atom. The molecule has 2 rings (SSSR count). The second-order valence-electron chi connectivity index (χ2n) is 5.05. The average Bonchev–Trinajstić information content (AvgIpc) is 2.48. The van der Waals surface area contributed by atoms with Gasteiger partial charge in [-0.25, -0.2) is 0 Å².